The smallest absolute Gasteiger partial charge is 0.315 e. The van der Waals surface area contributed by atoms with Gasteiger partial charge in [-0.1, -0.05) is 6.07 Å². The Kier molecular flexibility index (Phi) is 3.31. The van der Waals surface area contributed by atoms with E-state index in [0.29, 0.717) is 11.4 Å². The molecule has 0 unspecified atom stereocenters. The van der Waals surface area contributed by atoms with E-state index in [-0.39, 0.29) is 10.6 Å². The van der Waals surface area contributed by atoms with Crippen LogP contribution in [0.1, 0.15) is 10.4 Å². The van der Waals surface area contributed by atoms with E-state index in [1.165, 1.54) is 10.4 Å². The minimum absolute atomic E-state index is 0.161. The quantitative estimate of drug-likeness (QED) is 0.696. The maximum atomic E-state index is 11.4. The first-order valence-electron chi connectivity index (χ1n) is 6.46. The molecule has 0 atom stereocenters. The van der Waals surface area contributed by atoms with E-state index in [1.807, 2.05) is 12.1 Å². The van der Waals surface area contributed by atoms with Gasteiger partial charge in [0.05, 0.1) is 4.92 Å². The van der Waals surface area contributed by atoms with E-state index in [0.717, 1.165) is 19.5 Å². The van der Waals surface area contributed by atoms with Crippen molar-refractivity contribution in [1.29, 1.82) is 0 Å². The van der Waals surface area contributed by atoms with Gasteiger partial charge in [0.15, 0.2) is 0 Å². The van der Waals surface area contributed by atoms with Gasteiger partial charge in [-0.3, -0.25) is 10.1 Å². The largest absolute Gasteiger partial charge is 0.382 e. The summed E-state index contributed by atoms with van der Waals surface area (Å²) < 4.78 is 0. The Morgan fingerprint density at radius 3 is 3.00 bits per heavy atom. The van der Waals surface area contributed by atoms with E-state index in [1.54, 1.807) is 24.5 Å². The van der Waals surface area contributed by atoms with Crippen LogP contribution in [-0.2, 0) is 13.0 Å². The number of thiophene rings is 1. The monoisotopic (exact) mass is 289 g/mol. The topological polar surface area (TPSA) is 58.4 Å². The van der Waals surface area contributed by atoms with Crippen molar-refractivity contribution in [1.82, 2.24) is 0 Å². The Hall–Kier alpha value is -2.08. The molecule has 104 valence electrons. The third-order valence-corrected chi connectivity index (χ3v) is 4.64. The Labute approximate surface area is 121 Å². The molecule has 6 heteroatoms. The van der Waals surface area contributed by atoms with E-state index in [9.17, 15) is 10.1 Å². The van der Waals surface area contributed by atoms with E-state index in [2.05, 4.69) is 21.7 Å². The van der Waals surface area contributed by atoms with Crippen LogP contribution in [0, 0.1) is 10.1 Å². The minimum Gasteiger partial charge on any atom is -0.382 e. The van der Waals surface area contributed by atoms with Crippen molar-refractivity contribution in [2.75, 3.05) is 23.8 Å². The predicted octanol–water partition coefficient (Wildman–Crippen LogP) is 3.26. The van der Waals surface area contributed by atoms with Gasteiger partial charge in [-0.05, 0) is 35.6 Å². The summed E-state index contributed by atoms with van der Waals surface area (Å²) in [4.78, 5) is 14.6. The molecular weight excluding hydrogens is 274 g/mol. The molecule has 2 heterocycles. The van der Waals surface area contributed by atoms with E-state index in [4.69, 9.17) is 0 Å². The van der Waals surface area contributed by atoms with Crippen LogP contribution in [0.15, 0.2) is 29.6 Å². The zero-order valence-corrected chi connectivity index (χ0v) is 11.9. The fourth-order valence-corrected chi connectivity index (χ4v) is 3.52. The maximum Gasteiger partial charge on any atom is 0.315 e. The number of hydrogen-bond donors (Lipinski definition) is 1. The molecule has 2 aromatic rings. The lowest BCUT2D eigenvalue weighted by Crippen LogP contribution is -2.30. The summed E-state index contributed by atoms with van der Waals surface area (Å²) in [5, 5.41) is 16.4. The van der Waals surface area contributed by atoms with Crippen LogP contribution in [-0.4, -0.2) is 18.5 Å². The van der Waals surface area contributed by atoms with Crippen LogP contribution in [0.25, 0.3) is 0 Å². The molecule has 0 saturated heterocycles. The average Bonchev–Trinajstić information content (AvgIpc) is 2.93. The molecule has 1 aliphatic heterocycles. The molecule has 5 nitrogen and oxygen atoms in total. The molecule has 0 fully saturated rings. The highest BCUT2D eigenvalue weighted by molar-refractivity contribution is 7.10. The van der Waals surface area contributed by atoms with Crippen LogP contribution in [0.5, 0.6) is 0 Å². The van der Waals surface area contributed by atoms with Crippen LogP contribution in [0.2, 0.25) is 0 Å². The molecule has 0 aliphatic carbocycles. The van der Waals surface area contributed by atoms with Crippen molar-refractivity contribution in [2.24, 2.45) is 0 Å². The van der Waals surface area contributed by atoms with Crippen molar-refractivity contribution >= 4 is 28.4 Å². The second-order valence-electron chi connectivity index (χ2n) is 4.72. The minimum atomic E-state index is -0.301. The second-order valence-corrected chi connectivity index (χ2v) is 5.72. The first-order valence-corrected chi connectivity index (χ1v) is 7.34. The number of fused-ring (bicyclic) bond motifs is 1. The van der Waals surface area contributed by atoms with Gasteiger partial charge in [0.25, 0.3) is 0 Å². The average molecular weight is 289 g/mol. The first-order chi connectivity index (χ1) is 9.70. The molecule has 1 N–H and O–H groups in total. The third kappa shape index (κ3) is 2.12. The van der Waals surface area contributed by atoms with Crippen LogP contribution < -0.4 is 10.2 Å². The van der Waals surface area contributed by atoms with Crippen LogP contribution in [0.3, 0.4) is 0 Å². The van der Waals surface area contributed by atoms with E-state index < -0.39 is 0 Å². The second kappa shape index (κ2) is 5.13. The Balaban J connectivity index is 2.01. The zero-order chi connectivity index (χ0) is 14.1. The van der Waals surface area contributed by atoms with Crippen molar-refractivity contribution in [3.8, 4) is 0 Å². The summed E-state index contributed by atoms with van der Waals surface area (Å²) in [7, 11) is 1.71. The third-order valence-electron chi connectivity index (χ3n) is 3.61. The number of nitro benzene ring substituents is 1. The molecule has 20 heavy (non-hydrogen) atoms. The number of nitrogens with one attached hydrogen (secondary N) is 1. The highest BCUT2D eigenvalue weighted by atomic mass is 32.1. The predicted molar refractivity (Wildman–Crippen MR) is 81.7 cm³/mol. The number of anilines is 2. The fourth-order valence-electron chi connectivity index (χ4n) is 2.63. The normalized spacial score (nSPS) is 13.9. The molecule has 1 aliphatic rings. The SMILES string of the molecule is CNc1cccc(N2CCc3sccc3C2)c1[N+](=O)[O-]. The molecule has 0 bridgehead atoms. The van der Waals surface area contributed by atoms with Gasteiger partial charge in [-0.2, -0.15) is 0 Å². The molecule has 1 aromatic heterocycles. The lowest BCUT2D eigenvalue weighted by atomic mass is 10.1. The summed E-state index contributed by atoms with van der Waals surface area (Å²) in [6.45, 7) is 1.56. The van der Waals surface area contributed by atoms with Crippen molar-refractivity contribution in [3.05, 3.63) is 50.2 Å². The zero-order valence-electron chi connectivity index (χ0n) is 11.1. The summed E-state index contributed by atoms with van der Waals surface area (Å²) in [5.41, 5.74) is 2.70. The summed E-state index contributed by atoms with van der Waals surface area (Å²) in [5.74, 6) is 0. The molecule has 3 rings (SSSR count). The Morgan fingerprint density at radius 2 is 2.25 bits per heavy atom. The Morgan fingerprint density at radius 1 is 1.40 bits per heavy atom. The van der Waals surface area contributed by atoms with Gasteiger partial charge in [-0.15, -0.1) is 11.3 Å². The molecule has 0 radical (unpaired) electrons. The van der Waals surface area contributed by atoms with Crippen molar-refractivity contribution < 1.29 is 4.92 Å². The first kappa shape index (κ1) is 12.9. The molecular formula is C14H15N3O2S. The van der Waals surface area contributed by atoms with E-state index >= 15 is 0 Å². The summed E-state index contributed by atoms with van der Waals surface area (Å²) in [6, 6.07) is 7.54. The highest BCUT2D eigenvalue weighted by Gasteiger charge is 2.26. The van der Waals surface area contributed by atoms with Gasteiger partial charge < -0.3 is 10.2 Å². The van der Waals surface area contributed by atoms with Crippen molar-refractivity contribution in [2.45, 2.75) is 13.0 Å². The molecule has 0 spiro atoms. The number of rotatable bonds is 3. The van der Waals surface area contributed by atoms with Crippen LogP contribution >= 0.6 is 11.3 Å². The lowest BCUT2D eigenvalue weighted by molar-refractivity contribution is -0.383. The van der Waals surface area contributed by atoms with Gasteiger partial charge in [-0.25, -0.2) is 0 Å². The maximum absolute atomic E-state index is 11.4. The highest BCUT2D eigenvalue weighted by Crippen LogP contribution is 2.38. The number of nitrogens with zero attached hydrogens (tertiary/aromatic N) is 2. The number of hydrogen-bond acceptors (Lipinski definition) is 5. The van der Waals surface area contributed by atoms with Gasteiger partial charge in [0, 0.05) is 25.0 Å². The summed E-state index contributed by atoms with van der Waals surface area (Å²) in [6.07, 6.45) is 0.952. The molecule has 1 aromatic carbocycles. The van der Waals surface area contributed by atoms with Gasteiger partial charge in [0.1, 0.15) is 11.4 Å². The molecule has 0 saturated carbocycles. The number of nitro groups is 1. The van der Waals surface area contributed by atoms with Crippen LogP contribution in [0.4, 0.5) is 17.1 Å². The number of benzene rings is 1. The standard InChI is InChI=1S/C14H15N3O2S/c1-15-11-3-2-4-12(14(11)17(18)19)16-7-5-13-10(9-16)6-8-20-13/h2-4,6,8,15H,5,7,9H2,1H3. The molecule has 0 amide bonds. The number of para-hydroxylation sites is 1. The fraction of sp³-hybridized carbons (Fsp3) is 0.286. The lowest BCUT2D eigenvalue weighted by Gasteiger charge is -2.29. The van der Waals surface area contributed by atoms with Gasteiger partial charge in [0.2, 0.25) is 0 Å². The van der Waals surface area contributed by atoms with Gasteiger partial charge >= 0.3 is 5.69 Å². The summed E-state index contributed by atoms with van der Waals surface area (Å²) >= 11 is 1.77. The van der Waals surface area contributed by atoms with Crippen molar-refractivity contribution in [3.63, 3.8) is 0 Å². The Bertz CT molecular complexity index is 654.